The van der Waals surface area contributed by atoms with Gasteiger partial charge in [-0.25, -0.2) is 0 Å². The van der Waals surface area contributed by atoms with Gasteiger partial charge in [0.15, 0.2) is 0 Å². The zero-order chi connectivity index (χ0) is 8.53. The van der Waals surface area contributed by atoms with Crippen molar-refractivity contribution < 1.29 is 15.4 Å². The Hall–Kier alpha value is -0.830. The van der Waals surface area contributed by atoms with Crippen molar-refractivity contribution in [1.29, 1.82) is 0 Å². The third kappa shape index (κ3) is 11.9. The van der Waals surface area contributed by atoms with Crippen LogP contribution in [0.4, 0.5) is 0 Å². The maximum atomic E-state index is 10.0. The molecule has 0 aliphatic rings. The van der Waals surface area contributed by atoms with Crippen LogP contribution in [-0.4, -0.2) is 16.6 Å². The van der Waals surface area contributed by atoms with E-state index in [1.807, 2.05) is 6.08 Å². The number of hydrogen-bond donors (Lipinski definition) is 1. The molecule has 0 amide bonds. The molecule has 3 heteroatoms. The van der Waals surface area contributed by atoms with Crippen LogP contribution in [0.3, 0.4) is 0 Å². The molecule has 0 aromatic carbocycles. The van der Waals surface area contributed by atoms with E-state index < -0.39 is 5.97 Å². The van der Waals surface area contributed by atoms with E-state index in [4.69, 9.17) is 5.11 Å². The van der Waals surface area contributed by atoms with Gasteiger partial charge in [0, 0.05) is 0 Å². The van der Waals surface area contributed by atoms with Crippen molar-refractivity contribution in [3.8, 4) is 0 Å². The van der Waals surface area contributed by atoms with Gasteiger partial charge in [-0.05, 0) is 12.8 Å². The Morgan fingerprint density at radius 2 is 2.00 bits per heavy atom. The van der Waals surface area contributed by atoms with Crippen LogP contribution in [0.5, 0.6) is 0 Å². The maximum Gasteiger partial charge on any atom is 0.307 e. The second kappa shape index (κ2) is 10.2. The molecule has 3 nitrogen and oxygen atoms in total. The van der Waals surface area contributed by atoms with Crippen molar-refractivity contribution >= 4 is 5.97 Å². The molecule has 0 aliphatic heterocycles. The molecule has 0 aromatic heterocycles. The van der Waals surface area contributed by atoms with Crippen LogP contribution in [0.1, 0.15) is 39.0 Å². The fourth-order valence-corrected chi connectivity index (χ4v) is 0.814. The first kappa shape index (κ1) is 13.7. The van der Waals surface area contributed by atoms with Crippen LogP contribution in [0.2, 0.25) is 0 Å². The predicted octanol–water partition coefficient (Wildman–Crippen LogP) is 1.77. The second-order valence-electron chi connectivity index (χ2n) is 2.57. The number of carboxylic acids is 1. The molecule has 0 saturated heterocycles. The van der Waals surface area contributed by atoms with Crippen molar-refractivity contribution in [2.75, 3.05) is 0 Å². The first-order valence-electron chi connectivity index (χ1n) is 4.14. The number of carbonyl (C=O) groups is 1. The summed E-state index contributed by atoms with van der Waals surface area (Å²) in [6, 6.07) is 0. The molecule has 0 saturated carbocycles. The highest BCUT2D eigenvalue weighted by Crippen LogP contribution is 1.99. The maximum absolute atomic E-state index is 10.0. The van der Waals surface area contributed by atoms with Crippen LogP contribution >= 0.6 is 0 Å². The molecule has 0 aliphatic carbocycles. The van der Waals surface area contributed by atoms with Crippen molar-refractivity contribution in [3.63, 3.8) is 0 Å². The highest BCUT2D eigenvalue weighted by Gasteiger charge is 1.88. The van der Waals surface area contributed by atoms with Gasteiger partial charge in [-0.3, -0.25) is 4.79 Å². The number of carboxylic acid groups (broad SMARTS) is 1. The van der Waals surface area contributed by atoms with Crippen LogP contribution in [0.25, 0.3) is 0 Å². The smallest absolute Gasteiger partial charge is 0.307 e. The number of hydrogen-bond acceptors (Lipinski definition) is 1. The van der Waals surface area contributed by atoms with Crippen LogP contribution in [0.15, 0.2) is 12.2 Å². The molecule has 0 aromatic rings. The third-order valence-corrected chi connectivity index (χ3v) is 1.43. The van der Waals surface area contributed by atoms with Gasteiger partial charge < -0.3 is 10.6 Å². The molecule has 0 fully saturated rings. The standard InChI is InChI=1S/C9H16O2.H2O/c1-2-3-4-5-6-7-8-9(10)11;/h6-7H,2-5,8H2,1H3,(H,10,11);1H2. The predicted molar refractivity (Wildman–Crippen MR) is 49.1 cm³/mol. The van der Waals surface area contributed by atoms with Gasteiger partial charge in [0.25, 0.3) is 0 Å². The Balaban J connectivity index is 0. The van der Waals surface area contributed by atoms with Crippen LogP contribution in [-0.2, 0) is 4.79 Å². The van der Waals surface area contributed by atoms with Gasteiger partial charge in [-0.15, -0.1) is 0 Å². The molecule has 0 rings (SSSR count). The minimum Gasteiger partial charge on any atom is -0.481 e. The summed E-state index contributed by atoms with van der Waals surface area (Å²) >= 11 is 0. The highest BCUT2D eigenvalue weighted by atomic mass is 16.4. The summed E-state index contributed by atoms with van der Waals surface area (Å²) in [7, 11) is 0. The zero-order valence-electron chi connectivity index (χ0n) is 7.55. The number of allylic oxidation sites excluding steroid dienone is 1. The lowest BCUT2D eigenvalue weighted by Crippen LogP contribution is -1.89. The van der Waals surface area contributed by atoms with E-state index in [1.54, 1.807) is 6.08 Å². The number of rotatable bonds is 6. The SMILES string of the molecule is CCCCCC=CCC(=O)O.O. The lowest BCUT2D eigenvalue weighted by atomic mass is 10.2. The number of aliphatic carboxylic acids is 1. The third-order valence-electron chi connectivity index (χ3n) is 1.43. The average Bonchev–Trinajstić information content (AvgIpc) is 1.96. The fourth-order valence-electron chi connectivity index (χ4n) is 0.814. The first-order chi connectivity index (χ1) is 5.27. The monoisotopic (exact) mass is 174 g/mol. The molecule has 0 spiro atoms. The summed E-state index contributed by atoms with van der Waals surface area (Å²) in [5.41, 5.74) is 0. The summed E-state index contributed by atoms with van der Waals surface area (Å²) in [4.78, 5) is 10.0. The minimum absolute atomic E-state index is 0. The number of unbranched alkanes of at least 4 members (excludes halogenated alkanes) is 3. The van der Waals surface area contributed by atoms with E-state index in [2.05, 4.69) is 6.92 Å². The largest absolute Gasteiger partial charge is 0.481 e. The first-order valence-corrected chi connectivity index (χ1v) is 4.14. The van der Waals surface area contributed by atoms with E-state index in [0.717, 1.165) is 6.42 Å². The van der Waals surface area contributed by atoms with Crippen LogP contribution < -0.4 is 0 Å². The van der Waals surface area contributed by atoms with E-state index in [-0.39, 0.29) is 11.9 Å². The van der Waals surface area contributed by atoms with E-state index in [0.29, 0.717) is 0 Å². The summed E-state index contributed by atoms with van der Waals surface area (Å²) in [6.45, 7) is 2.15. The molecule has 0 radical (unpaired) electrons. The Morgan fingerprint density at radius 1 is 1.33 bits per heavy atom. The van der Waals surface area contributed by atoms with Gasteiger partial charge in [-0.1, -0.05) is 31.9 Å². The van der Waals surface area contributed by atoms with Gasteiger partial charge in [0.2, 0.25) is 0 Å². The van der Waals surface area contributed by atoms with Crippen molar-refractivity contribution in [3.05, 3.63) is 12.2 Å². The normalized spacial score (nSPS) is 9.75. The minimum atomic E-state index is -0.753. The summed E-state index contributed by atoms with van der Waals surface area (Å²) in [5.74, 6) is -0.753. The van der Waals surface area contributed by atoms with E-state index in [1.165, 1.54) is 19.3 Å². The van der Waals surface area contributed by atoms with E-state index >= 15 is 0 Å². The Kier molecular flexibility index (Phi) is 11.6. The van der Waals surface area contributed by atoms with Crippen molar-refractivity contribution in [2.24, 2.45) is 0 Å². The highest BCUT2D eigenvalue weighted by molar-refractivity contribution is 5.68. The molecule has 0 heterocycles. The lowest BCUT2D eigenvalue weighted by molar-refractivity contribution is -0.136. The lowest BCUT2D eigenvalue weighted by Gasteiger charge is -1.90. The average molecular weight is 174 g/mol. The fraction of sp³-hybridized carbons (Fsp3) is 0.667. The molecule has 3 N–H and O–H groups in total. The molecular formula is C9H18O3. The Morgan fingerprint density at radius 3 is 2.50 bits per heavy atom. The van der Waals surface area contributed by atoms with Gasteiger partial charge in [-0.2, -0.15) is 0 Å². The van der Waals surface area contributed by atoms with Gasteiger partial charge >= 0.3 is 5.97 Å². The summed E-state index contributed by atoms with van der Waals surface area (Å²) in [6.07, 6.45) is 8.46. The summed E-state index contributed by atoms with van der Waals surface area (Å²) in [5, 5.41) is 8.26. The molecular weight excluding hydrogens is 156 g/mol. The molecule has 12 heavy (non-hydrogen) atoms. The van der Waals surface area contributed by atoms with Crippen LogP contribution in [0, 0.1) is 0 Å². The van der Waals surface area contributed by atoms with Gasteiger partial charge in [0.1, 0.15) is 0 Å². The molecule has 0 bridgehead atoms. The second-order valence-corrected chi connectivity index (χ2v) is 2.57. The molecule has 72 valence electrons. The van der Waals surface area contributed by atoms with Crippen molar-refractivity contribution in [1.82, 2.24) is 0 Å². The summed E-state index contributed by atoms with van der Waals surface area (Å²) < 4.78 is 0. The Bertz CT molecular complexity index is 130. The van der Waals surface area contributed by atoms with Crippen molar-refractivity contribution in [2.45, 2.75) is 39.0 Å². The molecule has 0 unspecified atom stereocenters. The Labute approximate surface area is 73.4 Å². The van der Waals surface area contributed by atoms with E-state index in [9.17, 15) is 4.79 Å². The quantitative estimate of drug-likeness (QED) is 0.492. The van der Waals surface area contributed by atoms with Gasteiger partial charge in [0.05, 0.1) is 6.42 Å². The molecule has 0 atom stereocenters. The topological polar surface area (TPSA) is 68.8 Å². The zero-order valence-corrected chi connectivity index (χ0v) is 7.55.